The van der Waals surface area contributed by atoms with Gasteiger partial charge in [0.25, 0.3) is 5.69 Å². The standard InChI is InChI=1S/C27H22N2O4/c1-14-12-20(21(29(32)33)13-15(14)2)28-25(30)23-22-16-8-4-6-10-18(16)27(3,24(23)26(28)31)19-11-7-5-9-17(19)22/h4-13,22-24H,1-3H3/t22?,23-,24+,27?/m1/s1. The predicted octanol–water partition coefficient (Wildman–Crippen LogP) is 4.78. The van der Waals surface area contributed by atoms with Crippen molar-refractivity contribution in [1.29, 1.82) is 0 Å². The van der Waals surface area contributed by atoms with Crippen molar-refractivity contribution in [3.05, 3.63) is 104 Å². The largest absolute Gasteiger partial charge is 0.293 e. The summed E-state index contributed by atoms with van der Waals surface area (Å²) >= 11 is 0. The van der Waals surface area contributed by atoms with Gasteiger partial charge in [-0.05, 0) is 53.3 Å². The first-order valence-corrected chi connectivity index (χ1v) is 11.1. The Kier molecular flexibility index (Phi) is 3.84. The molecule has 0 spiro atoms. The second kappa shape index (κ2) is 6.38. The number of carbonyl (C=O) groups excluding carboxylic acids is 2. The third-order valence-corrected chi connectivity index (χ3v) is 8.07. The molecule has 2 atom stereocenters. The minimum Gasteiger partial charge on any atom is -0.274 e. The molecule has 0 saturated carbocycles. The molecular formula is C27H22N2O4. The maximum Gasteiger partial charge on any atom is 0.293 e. The number of hydrogen-bond donors (Lipinski definition) is 0. The Balaban J connectivity index is 1.61. The van der Waals surface area contributed by atoms with E-state index in [0.29, 0.717) is 0 Å². The molecule has 2 amide bonds. The highest BCUT2D eigenvalue weighted by Crippen LogP contribution is 2.64. The Morgan fingerprint density at radius 1 is 0.879 bits per heavy atom. The van der Waals surface area contributed by atoms with Crippen molar-refractivity contribution >= 4 is 23.2 Å². The van der Waals surface area contributed by atoms with Gasteiger partial charge in [-0.15, -0.1) is 0 Å². The topological polar surface area (TPSA) is 80.5 Å². The lowest BCUT2D eigenvalue weighted by atomic mass is 9.48. The smallest absolute Gasteiger partial charge is 0.274 e. The number of anilines is 1. The van der Waals surface area contributed by atoms with E-state index in [1.807, 2.05) is 62.4 Å². The van der Waals surface area contributed by atoms with Crippen LogP contribution in [0.5, 0.6) is 0 Å². The highest BCUT2D eigenvalue weighted by Gasteiger charge is 2.66. The van der Waals surface area contributed by atoms with Gasteiger partial charge in [-0.2, -0.15) is 0 Å². The summed E-state index contributed by atoms with van der Waals surface area (Å²) in [5.41, 5.74) is 4.97. The SMILES string of the molecule is Cc1cc(N2C(=O)[C@@H]3C4c5ccccc5C(C)(c5ccccc54)[C@@H]3C2=O)c([N+](=O)[O-])cc1C. The summed E-state index contributed by atoms with van der Waals surface area (Å²) in [6.07, 6.45) is 0. The Morgan fingerprint density at radius 2 is 1.42 bits per heavy atom. The molecule has 1 saturated heterocycles. The van der Waals surface area contributed by atoms with Crippen LogP contribution in [0.4, 0.5) is 11.4 Å². The van der Waals surface area contributed by atoms with Gasteiger partial charge in [-0.25, -0.2) is 4.90 Å². The third-order valence-electron chi connectivity index (χ3n) is 8.07. The van der Waals surface area contributed by atoms with E-state index in [0.717, 1.165) is 38.3 Å². The van der Waals surface area contributed by atoms with Crippen molar-refractivity contribution < 1.29 is 14.5 Å². The molecule has 33 heavy (non-hydrogen) atoms. The van der Waals surface area contributed by atoms with Crippen LogP contribution in [0.2, 0.25) is 0 Å². The van der Waals surface area contributed by atoms with Gasteiger partial charge in [-0.3, -0.25) is 19.7 Å². The Morgan fingerprint density at radius 3 is 2.00 bits per heavy atom. The number of aryl methyl sites for hydroxylation is 2. The molecule has 1 aliphatic heterocycles. The van der Waals surface area contributed by atoms with Crippen molar-refractivity contribution in [2.24, 2.45) is 11.8 Å². The number of amides is 2. The van der Waals surface area contributed by atoms with E-state index in [1.165, 1.54) is 6.07 Å². The number of hydrogen-bond acceptors (Lipinski definition) is 4. The van der Waals surface area contributed by atoms with Crippen LogP contribution in [0.1, 0.15) is 46.2 Å². The van der Waals surface area contributed by atoms with Crippen molar-refractivity contribution in [1.82, 2.24) is 0 Å². The van der Waals surface area contributed by atoms with E-state index < -0.39 is 22.2 Å². The van der Waals surface area contributed by atoms with Gasteiger partial charge >= 0.3 is 0 Å². The molecule has 0 aromatic heterocycles. The van der Waals surface area contributed by atoms with Gasteiger partial charge in [0.15, 0.2) is 0 Å². The van der Waals surface area contributed by atoms with E-state index in [1.54, 1.807) is 13.0 Å². The Bertz CT molecular complexity index is 1360. The van der Waals surface area contributed by atoms with Crippen LogP contribution in [-0.2, 0) is 15.0 Å². The first-order chi connectivity index (χ1) is 15.8. The minimum atomic E-state index is -0.692. The second-order valence-corrected chi connectivity index (χ2v) is 9.55. The van der Waals surface area contributed by atoms with E-state index >= 15 is 0 Å². The summed E-state index contributed by atoms with van der Waals surface area (Å²) in [6, 6.07) is 19.1. The number of imide groups is 1. The zero-order valence-electron chi connectivity index (χ0n) is 18.5. The lowest BCUT2D eigenvalue weighted by Gasteiger charge is -2.52. The van der Waals surface area contributed by atoms with Gasteiger partial charge in [-0.1, -0.05) is 55.5 Å². The fourth-order valence-corrected chi connectivity index (χ4v) is 6.50. The van der Waals surface area contributed by atoms with E-state index in [4.69, 9.17) is 0 Å². The summed E-state index contributed by atoms with van der Waals surface area (Å²) in [6.45, 7) is 5.66. The van der Waals surface area contributed by atoms with Gasteiger partial charge in [0.1, 0.15) is 5.69 Å². The summed E-state index contributed by atoms with van der Waals surface area (Å²) < 4.78 is 0. The molecule has 4 aliphatic rings. The summed E-state index contributed by atoms with van der Waals surface area (Å²) in [5, 5.41) is 11.9. The van der Waals surface area contributed by atoms with Crippen LogP contribution in [-0.4, -0.2) is 16.7 Å². The monoisotopic (exact) mass is 438 g/mol. The lowest BCUT2D eigenvalue weighted by molar-refractivity contribution is -0.384. The van der Waals surface area contributed by atoms with Crippen LogP contribution in [0, 0.1) is 35.8 Å². The second-order valence-electron chi connectivity index (χ2n) is 9.55. The predicted molar refractivity (Wildman–Crippen MR) is 123 cm³/mol. The molecular weight excluding hydrogens is 416 g/mol. The molecule has 1 heterocycles. The highest BCUT2D eigenvalue weighted by molar-refractivity contribution is 6.24. The van der Waals surface area contributed by atoms with Crippen molar-refractivity contribution in [3.8, 4) is 0 Å². The molecule has 3 aromatic rings. The van der Waals surface area contributed by atoms with Crippen molar-refractivity contribution in [3.63, 3.8) is 0 Å². The van der Waals surface area contributed by atoms with Gasteiger partial charge in [0.05, 0.1) is 16.8 Å². The summed E-state index contributed by atoms with van der Waals surface area (Å²) in [7, 11) is 0. The van der Waals surface area contributed by atoms with Crippen LogP contribution in [0.15, 0.2) is 60.7 Å². The van der Waals surface area contributed by atoms with Crippen LogP contribution in [0.3, 0.4) is 0 Å². The third kappa shape index (κ3) is 2.28. The van der Waals surface area contributed by atoms with Gasteiger partial charge in [0.2, 0.25) is 11.8 Å². The van der Waals surface area contributed by atoms with Crippen LogP contribution < -0.4 is 4.90 Å². The van der Waals surface area contributed by atoms with Crippen LogP contribution >= 0.6 is 0 Å². The first kappa shape index (κ1) is 19.9. The fourth-order valence-electron chi connectivity index (χ4n) is 6.50. The zero-order chi connectivity index (χ0) is 23.2. The quantitative estimate of drug-likeness (QED) is 0.328. The first-order valence-electron chi connectivity index (χ1n) is 11.1. The minimum absolute atomic E-state index is 0.0728. The summed E-state index contributed by atoms with van der Waals surface area (Å²) in [4.78, 5) is 40.5. The number of nitro groups is 1. The molecule has 0 unspecified atom stereocenters. The molecule has 1 fully saturated rings. The van der Waals surface area contributed by atoms with E-state index in [9.17, 15) is 19.7 Å². The average molecular weight is 438 g/mol. The molecule has 0 radical (unpaired) electrons. The number of benzene rings is 3. The molecule has 164 valence electrons. The molecule has 2 bridgehead atoms. The summed E-state index contributed by atoms with van der Waals surface area (Å²) in [5.74, 6) is -2.16. The molecule has 3 aromatic carbocycles. The fraction of sp³-hybridized carbons (Fsp3) is 0.259. The Hall–Kier alpha value is -3.80. The normalized spacial score (nSPS) is 26.8. The lowest BCUT2D eigenvalue weighted by Crippen LogP contribution is -2.51. The molecule has 3 aliphatic carbocycles. The molecule has 6 heteroatoms. The maximum absolute atomic E-state index is 14.0. The number of rotatable bonds is 2. The zero-order valence-corrected chi connectivity index (χ0v) is 18.5. The van der Waals surface area contributed by atoms with Gasteiger partial charge in [0, 0.05) is 17.4 Å². The average Bonchev–Trinajstić information content (AvgIpc) is 3.07. The number of nitrogens with zero attached hydrogens (tertiary/aromatic N) is 2. The van der Waals surface area contributed by atoms with E-state index in [2.05, 4.69) is 0 Å². The Labute approximate surface area is 191 Å². The van der Waals surface area contributed by atoms with E-state index in [-0.39, 0.29) is 29.1 Å². The number of carbonyl (C=O) groups is 2. The van der Waals surface area contributed by atoms with Crippen molar-refractivity contribution in [2.75, 3.05) is 4.90 Å². The molecule has 0 N–H and O–H groups in total. The molecule has 7 rings (SSSR count). The van der Waals surface area contributed by atoms with Gasteiger partial charge < -0.3 is 0 Å². The maximum atomic E-state index is 14.0. The van der Waals surface area contributed by atoms with Crippen LogP contribution in [0.25, 0.3) is 0 Å². The molecule has 6 nitrogen and oxygen atoms in total. The highest BCUT2D eigenvalue weighted by atomic mass is 16.6. The number of nitro benzene ring substituents is 1. The van der Waals surface area contributed by atoms with Crippen molar-refractivity contribution in [2.45, 2.75) is 32.1 Å².